The van der Waals surface area contributed by atoms with E-state index in [4.69, 9.17) is 0 Å². The van der Waals surface area contributed by atoms with Gasteiger partial charge in [-0.1, -0.05) is 15.8 Å². The average Bonchev–Trinajstić information content (AvgIpc) is 2.25. The van der Waals surface area contributed by atoms with Crippen LogP contribution in [0.4, 0.5) is 16.8 Å². The first-order valence-corrected chi connectivity index (χ1v) is 7.25. The van der Waals surface area contributed by atoms with Crippen LogP contribution in [0.15, 0.2) is 4.90 Å². The maximum Gasteiger partial charge on any atom is 1.00 e. The van der Waals surface area contributed by atoms with E-state index in [2.05, 4.69) is 16.8 Å². The topological polar surface area (TPSA) is 43.4 Å². The van der Waals surface area contributed by atoms with Crippen molar-refractivity contribution in [3.05, 3.63) is 22.3 Å². The first-order valence-electron chi connectivity index (χ1n) is 5.50. The van der Waals surface area contributed by atoms with Crippen LogP contribution in [0.25, 0.3) is 0 Å². The van der Waals surface area contributed by atoms with Gasteiger partial charge < -0.3 is 17.1 Å². The second kappa shape index (κ2) is 7.54. The van der Waals surface area contributed by atoms with E-state index in [1.807, 2.05) is 0 Å². The third-order valence-electron chi connectivity index (χ3n) is 2.92. The Morgan fingerprint density at radius 1 is 1.10 bits per heavy atom. The van der Waals surface area contributed by atoms with Gasteiger partial charge >= 0.3 is 68.9 Å². The number of thiol groups is 1. The van der Waals surface area contributed by atoms with Gasteiger partial charge in [0.2, 0.25) is 0 Å². The van der Waals surface area contributed by atoms with E-state index in [0.717, 1.165) is 0 Å². The molecule has 0 atom stereocenters. The van der Waals surface area contributed by atoms with Gasteiger partial charge in [-0.3, -0.25) is 0 Å². The summed E-state index contributed by atoms with van der Waals surface area (Å²) in [5.41, 5.74) is 0.235. The smallest absolute Gasteiger partial charge is 0.449 e. The summed E-state index contributed by atoms with van der Waals surface area (Å²) in [6.45, 7) is -1.04. The molecular weight excluding hydrogens is 358 g/mol. The molecule has 3 nitrogen and oxygen atoms in total. The van der Waals surface area contributed by atoms with Crippen LogP contribution >= 0.6 is 12.6 Å². The Bertz CT molecular complexity index is 647. The first kappa shape index (κ1) is 21.7. The zero-order chi connectivity index (χ0) is 15.9. The van der Waals surface area contributed by atoms with Crippen LogP contribution in [0.1, 0.15) is 22.3 Å². The van der Waals surface area contributed by atoms with Gasteiger partial charge in [0.15, 0.2) is 5.75 Å². The summed E-state index contributed by atoms with van der Waals surface area (Å²) >= 11 is 4.04. The van der Waals surface area contributed by atoms with Gasteiger partial charge in [0.05, 0.1) is 0 Å². The molecule has 0 N–H and O–H groups in total. The predicted octanol–water partition coefficient (Wildman–Crippen LogP) is 0.427. The van der Waals surface area contributed by atoms with Crippen molar-refractivity contribution in [3.8, 4) is 5.75 Å². The van der Waals surface area contributed by atoms with Crippen LogP contribution in [0.5, 0.6) is 5.75 Å². The number of benzene rings is 1. The maximum atomic E-state index is 12.6. The molecule has 0 aromatic heterocycles. The van der Waals surface area contributed by atoms with Crippen LogP contribution in [-0.4, -0.2) is 15.4 Å². The quantitative estimate of drug-likeness (QED) is 0.362. The summed E-state index contributed by atoms with van der Waals surface area (Å²) < 4.78 is 75.7. The minimum atomic E-state index is -5.32. The molecule has 0 spiro atoms. The summed E-state index contributed by atoms with van der Waals surface area (Å²) in [7, 11) is -5.32. The molecule has 11 heteroatoms. The Morgan fingerprint density at radius 2 is 1.57 bits per heavy atom. The fraction of sp³-hybridized carbons (Fsp3) is 0.400. The Kier molecular flexibility index (Phi) is 7.81. The molecule has 0 aliphatic heterocycles. The van der Waals surface area contributed by atoms with Gasteiger partial charge in [-0.15, -0.1) is 12.6 Å². The molecule has 0 saturated heterocycles. The molecule has 114 valence electrons. The van der Waals surface area contributed by atoms with Crippen molar-refractivity contribution in [2.24, 2.45) is 0 Å². The van der Waals surface area contributed by atoms with Crippen molar-refractivity contribution in [2.45, 2.75) is 32.0 Å². The molecule has 0 aliphatic carbocycles. The largest absolute Gasteiger partial charge is 1.00 e. The summed E-state index contributed by atoms with van der Waals surface area (Å²) in [5.74, 6) is -0.446. The van der Waals surface area contributed by atoms with Gasteiger partial charge in [-0.2, -0.15) is 8.42 Å². The van der Waals surface area contributed by atoms with Crippen molar-refractivity contribution in [3.63, 3.8) is 0 Å². The van der Waals surface area contributed by atoms with Crippen molar-refractivity contribution in [2.75, 3.05) is 0 Å². The molecule has 1 rings (SSSR count). The van der Waals surface area contributed by atoms with Crippen molar-refractivity contribution in [1.29, 1.82) is 0 Å². The molecule has 0 aliphatic rings. The van der Waals surface area contributed by atoms with Crippen molar-refractivity contribution in [1.82, 2.24) is 0 Å². The van der Waals surface area contributed by atoms with E-state index in [9.17, 15) is 25.3 Å². The van der Waals surface area contributed by atoms with Crippen molar-refractivity contribution >= 4 is 30.1 Å². The molecule has 0 saturated carbocycles. The van der Waals surface area contributed by atoms with Crippen LogP contribution in [0, 0.1) is 20.8 Å². The molecule has 0 amide bonds. The average molecular weight is 370 g/mol. The number of hydrogen-bond donors (Lipinski definition) is 1. The van der Waals surface area contributed by atoms with Crippen LogP contribution in [-0.2, 0) is 16.8 Å². The zero-order valence-electron chi connectivity index (χ0n) is 11.9. The van der Waals surface area contributed by atoms with Gasteiger partial charge in [-0.05, 0) is 31.9 Å². The molecular formula is C10H12BF4KO3S2. The SMILES string of the molecule is Cc1c(S)c(C)c(OS(=O)(=O)F)c(C)c1C[B-](F)(F)F.[K+]. The summed E-state index contributed by atoms with van der Waals surface area (Å²) in [6, 6.07) is 0. The van der Waals surface area contributed by atoms with Crippen LogP contribution in [0.2, 0.25) is 0 Å². The van der Waals surface area contributed by atoms with Gasteiger partial charge in [0.1, 0.15) is 0 Å². The van der Waals surface area contributed by atoms with E-state index in [0.29, 0.717) is 0 Å². The molecule has 1 aromatic carbocycles. The van der Waals surface area contributed by atoms with E-state index in [1.54, 1.807) is 0 Å². The zero-order valence-corrected chi connectivity index (χ0v) is 16.7. The monoisotopic (exact) mass is 370 g/mol. The molecule has 1 aromatic rings. The summed E-state index contributed by atoms with van der Waals surface area (Å²) in [6.07, 6.45) is -1.21. The summed E-state index contributed by atoms with van der Waals surface area (Å²) in [4.78, 5) is 0.143. The Morgan fingerprint density at radius 3 is 1.95 bits per heavy atom. The third kappa shape index (κ3) is 6.04. The minimum Gasteiger partial charge on any atom is -0.449 e. The third-order valence-corrected chi connectivity index (χ3v) is 3.95. The number of halogens is 4. The molecule has 0 radical (unpaired) electrons. The van der Waals surface area contributed by atoms with Crippen LogP contribution in [0.3, 0.4) is 0 Å². The van der Waals surface area contributed by atoms with E-state index >= 15 is 0 Å². The Balaban J connectivity index is 0.00000400. The maximum absolute atomic E-state index is 12.6. The standard InChI is InChI=1S/C10H12BF4O3S2.K/c1-5-8(4-11(12,13)14)6(2)10(19)7(3)9(5)18-20(15,16)17;/h19H,4H2,1-3H3;/q-1;+1. The fourth-order valence-electron chi connectivity index (χ4n) is 1.99. The molecule has 0 unspecified atom stereocenters. The van der Waals surface area contributed by atoms with Gasteiger partial charge in [0, 0.05) is 10.5 Å². The van der Waals surface area contributed by atoms with Gasteiger partial charge in [0.25, 0.3) is 0 Å². The minimum absolute atomic E-state index is 0. The van der Waals surface area contributed by atoms with Gasteiger partial charge in [-0.25, -0.2) is 0 Å². The van der Waals surface area contributed by atoms with E-state index in [1.165, 1.54) is 20.8 Å². The molecule has 21 heavy (non-hydrogen) atoms. The Hall–Kier alpha value is 0.741. The second-order valence-corrected chi connectivity index (χ2v) is 5.82. The fourth-order valence-corrected chi connectivity index (χ4v) is 2.68. The second-order valence-electron chi connectivity index (χ2n) is 4.42. The Labute approximate surface area is 169 Å². The van der Waals surface area contributed by atoms with E-state index < -0.39 is 29.6 Å². The number of hydrogen-bond acceptors (Lipinski definition) is 4. The normalized spacial score (nSPS) is 12.0. The summed E-state index contributed by atoms with van der Waals surface area (Å²) in [5, 5.41) is 0. The molecule has 0 bridgehead atoms. The van der Waals surface area contributed by atoms with Crippen LogP contribution < -0.4 is 55.6 Å². The first-order chi connectivity index (χ1) is 8.83. The predicted molar refractivity (Wildman–Crippen MR) is 71.3 cm³/mol. The molecule has 0 fully saturated rings. The number of rotatable bonds is 4. The van der Waals surface area contributed by atoms with Crippen molar-refractivity contribution < 1.29 is 80.8 Å². The van der Waals surface area contributed by atoms with E-state index in [-0.39, 0.29) is 78.5 Å². The molecule has 0 heterocycles.